The average molecular weight is 269 g/mol. The highest BCUT2D eigenvalue weighted by Crippen LogP contribution is 2.24. The van der Waals surface area contributed by atoms with Gasteiger partial charge in [-0.1, -0.05) is 0 Å². The summed E-state index contributed by atoms with van der Waals surface area (Å²) in [4.78, 5) is 14.4. The molecule has 0 saturated carbocycles. The number of nitrogens with one attached hydrogen (secondary N) is 2. The lowest BCUT2D eigenvalue weighted by molar-refractivity contribution is -0.146. The van der Waals surface area contributed by atoms with Gasteiger partial charge in [0.25, 0.3) is 0 Å². The van der Waals surface area contributed by atoms with E-state index in [9.17, 15) is 4.79 Å². The van der Waals surface area contributed by atoms with Crippen molar-refractivity contribution >= 4 is 5.91 Å². The molecule has 0 aliphatic carbocycles. The van der Waals surface area contributed by atoms with Crippen LogP contribution in [0.3, 0.4) is 0 Å². The number of hydrogen-bond donors (Lipinski definition) is 2. The van der Waals surface area contributed by atoms with Crippen molar-refractivity contribution in [3.8, 4) is 0 Å². The fourth-order valence-corrected chi connectivity index (χ4v) is 2.63. The van der Waals surface area contributed by atoms with Gasteiger partial charge in [0.2, 0.25) is 5.91 Å². The van der Waals surface area contributed by atoms with E-state index >= 15 is 0 Å². The molecule has 0 aromatic rings. The number of piperazine rings is 1. The van der Waals surface area contributed by atoms with Gasteiger partial charge < -0.3 is 10.2 Å². The Morgan fingerprint density at radius 3 is 2.26 bits per heavy atom. The van der Waals surface area contributed by atoms with Gasteiger partial charge in [0.1, 0.15) is 0 Å². The molecule has 0 bridgehead atoms. The zero-order chi connectivity index (χ0) is 15.1. The largest absolute Gasteiger partial charge is 0.337 e. The predicted octanol–water partition coefficient (Wildman–Crippen LogP) is 1.75. The van der Waals surface area contributed by atoms with E-state index in [4.69, 9.17) is 0 Å². The second kappa shape index (κ2) is 5.06. The molecule has 0 aromatic carbocycles. The van der Waals surface area contributed by atoms with Gasteiger partial charge in [-0.05, 0) is 55.4 Å². The summed E-state index contributed by atoms with van der Waals surface area (Å²) in [6.45, 7) is 18.4. The topological polar surface area (TPSA) is 44.4 Å². The lowest BCUT2D eigenvalue weighted by Crippen LogP contribution is -2.74. The third-order valence-corrected chi connectivity index (χ3v) is 3.56. The monoisotopic (exact) mass is 269 g/mol. The Hall–Kier alpha value is -0.610. The van der Waals surface area contributed by atoms with Crippen molar-refractivity contribution in [3.05, 3.63) is 0 Å². The maximum atomic E-state index is 12.4. The minimum atomic E-state index is -0.503. The molecule has 0 aromatic heterocycles. The first-order chi connectivity index (χ1) is 8.36. The molecule has 1 amide bonds. The van der Waals surface area contributed by atoms with Crippen LogP contribution in [0.4, 0.5) is 0 Å². The second-order valence-corrected chi connectivity index (χ2v) is 7.94. The number of carbonyl (C=O) groups excluding carboxylic acids is 1. The Bertz CT molecular complexity index is 344. The van der Waals surface area contributed by atoms with Crippen molar-refractivity contribution < 1.29 is 4.79 Å². The Labute approximate surface area is 118 Å². The molecule has 0 spiro atoms. The van der Waals surface area contributed by atoms with Crippen LogP contribution in [-0.4, -0.2) is 46.6 Å². The molecule has 1 aliphatic heterocycles. The van der Waals surface area contributed by atoms with Crippen molar-refractivity contribution in [2.45, 2.75) is 78.0 Å². The molecule has 1 fully saturated rings. The Balaban J connectivity index is 2.88. The van der Waals surface area contributed by atoms with Gasteiger partial charge in [0.05, 0.1) is 5.54 Å². The van der Waals surface area contributed by atoms with E-state index < -0.39 is 5.54 Å². The second-order valence-electron chi connectivity index (χ2n) is 7.94. The van der Waals surface area contributed by atoms with Crippen molar-refractivity contribution in [1.29, 1.82) is 0 Å². The van der Waals surface area contributed by atoms with Crippen molar-refractivity contribution in [2.24, 2.45) is 0 Å². The molecule has 1 aliphatic rings. The quantitative estimate of drug-likeness (QED) is 0.820. The zero-order valence-electron chi connectivity index (χ0n) is 13.8. The minimum Gasteiger partial charge on any atom is -0.337 e. The van der Waals surface area contributed by atoms with Gasteiger partial charge >= 0.3 is 0 Å². The first-order valence-electron chi connectivity index (χ1n) is 7.22. The summed E-state index contributed by atoms with van der Waals surface area (Å²) in [6.07, 6.45) is 0. The van der Waals surface area contributed by atoms with E-state index in [1.807, 2.05) is 18.7 Å². The van der Waals surface area contributed by atoms with E-state index in [1.165, 1.54) is 0 Å². The van der Waals surface area contributed by atoms with Gasteiger partial charge in [0.15, 0.2) is 0 Å². The number of nitrogens with zero attached hydrogens (tertiary/aromatic N) is 1. The number of carbonyl (C=O) groups is 1. The maximum absolute atomic E-state index is 12.4. The number of rotatable bonds is 3. The van der Waals surface area contributed by atoms with Crippen LogP contribution < -0.4 is 10.6 Å². The lowest BCUT2D eigenvalue weighted by atomic mass is 9.87. The summed E-state index contributed by atoms with van der Waals surface area (Å²) < 4.78 is 0. The highest BCUT2D eigenvalue weighted by atomic mass is 16.2. The molecule has 4 heteroatoms. The van der Waals surface area contributed by atoms with Crippen molar-refractivity contribution in [3.63, 3.8) is 0 Å². The summed E-state index contributed by atoms with van der Waals surface area (Å²) in [5.74, 6) is 0.190. The molecule has 0 radical (unpaired) electrons. The lowest BCUT2D eigenvalue weighted by Gasteiger charge is -2.51. The zero-order valence-corrected chi connectivity index (χ0v) is 13.8. The number of hydrogen-bond acceptors (Lipinski definition) is 3. The first kappa shape index (κ1) is 16.4. The van der Waals surface area contributed by atoms with Gasteiger partial charge in [-0.3, -0.25) is 10.1 Å². The summed E-state index contributed by atoms with van der Waals surface area (Å²) in [7, 11) is 0. The summed E-state index contributed by atoms with van der Waals surface area (Å²) >= 11 is 0. The van der Waals surface area contributed by atoms with Crippen LogP contribution >= 0.6 is 0 Å². The summed E-state index contributed by atoms with van der Waals surface area (Å²) in [5, 5.41) is 7.07. The van der Waals surface area contributed by atoms with Crippen molar-refractivity contribution in [1.82, 2.24) is 15.5 Å². The van der Waals surface area contributed by atoms with Gasteiger partial charge in [-0.25, -0.2) is 0 Å². The molecule has 112 valence electrons. The third kappa shape index (κ3) is 4.18. The first-order valence-corrected chi connectivity index (χ1v) is 7.22. The van der Waals surface area contributed by atoms with Crippen LogP contribution in [0.2, 0.25) is 0 Å². The Kier molecular flexibility index (Phi) is 4.38. The molecule has 4 nitrogen and oxygen atoms in total. The standard InChI is InChI=1S/C15H31N3O/c1-11(2)18-10-15(8,9-16-13(3,4)5)17-14(6,7)12(18)19/h11,16-17H,9-10H2,1-8H3. The molecular weight excluding hydrogens is 238 g/mol. The van der Waals surface area contributed by atoms with Crippen LogP contribution in [0.1, 0.15) is 55.4 Å². The third-order valence-electron chi connectivity index (χ3n) is 3.56. The normalized spacial score (nSPS) is 28.1. The van der Waals surface area contributed by atoms with Crippen LogP contribution in [0, 0.1) is 0 Å². The van der Waals surface area contributed by atoms with E-state index in [2.05, 4.69) is 52.2 Å². The molecule has 19 heavy (non-hydrogen) atoms. The predicted molar refractivity (Wildman–Crippen MR) is 80.2 cm³/mol. The maximum Gasteiger partial charge on any atom is 0.242 e. The van der Waals surface area contributed by atoms with E-state index in [0.717, 1.165) is 13.1 Å². The van der Waals surface area contributed by atoms with Crippen LogP contribution in [0.5, 0.6) is 0 Å². The SMILES string of the molecule is CC(C)N1CC(C)(CNC(C)(C)C)NC(C)(C)C1=O. The Morgan fingerprint density at radius 2 is 1.84 bits per heavy atom. The van der Waals surface area contributed by atoms with Crippen molar-refractivity contribution in [2.75, 3.05) is 13.1 Å². The fraction of sp³-hybridized carbons (Fsp3) is 0.933. The van der Waals surface area contributed by atoms with Gasteiger partial charge in [0, 0.05) is 30.2 Å². The van der Waals surface area contributed by atoms with Crippen LogP contribution in [-0.2, 0) is 4.79 Å². The van der Waals surface area contributed by atoms with Crippen LogP contribution in [0.15, 0.2) is 0 Å². The minimum absolute atomic E-state index is 0.0823. The smallest absolute Gasteiger partial charge is 0.242 e. The summed E-state index contributed by atoms with van der Waals surface area (Å²) in [5.41, 5.74) is -0.523. The van der Waals surface area contributed by atoms with Gasteiger partial charge in [-0.15, -0.1) is 0 Å². The highest BCUT2D eigenvalue weighted by molar-refractivity contribution is 5.87. The highest BCUT2D eigenvalue weighted by Gasteiger charge is 2.46. The van der Waals surface area contributed by atoms with E-state index in [-0.39, 0.29) is 23.0 Å². The number of amides is 1. The van der Waals surface area contributed by atoms with E-state index in [1.54, 1.807) is 0 Å². The van der Waals surface area contributed by atoms with Crippen LogP contribution in [0.25, 0.3) is 0 Å². The average Bonchev–Trinajstić information content (AvgIpc) is 2.19. The van der Waals surface area contributed by atoms with E-state index in [0.29, 0.717) is 0 Å². The summed E-state index contributed by atoms with van der Waals surface area (Å²) in [6, 6.07) is 0.239. The van der Waals surface area contributed by atoms with Gasteiger partial charge in [-0.2, -0.15) is 0 Å². The molecule has 1 saturated heterocycles. The molecule has 1 heterocycles. The molecule has 1 unspecified atom stereocenters. The molecule has 1 atom stereocenters. The fourth-order valence-electron chi connectivity index (χ4n) is 2.63. The molecule has 2 N–H and O–H groups in total. The molecule has 1 rings (SSSR count). The Morgan fingerprint density at radius 1 is 1.32 bits per heavy atom. The molecular formula is C15H31N3O.